The van der Waals surface area contributed by atoms with Crippen LogP contribution in [0.4, 0.5) is 5.82 Å². The fourth-order valence-electron chi connectivity index (χ4n) is 1.71. The van der Waals surface area contributed by atoms with Gasteiger partial charge in [-0.15, -0.1) is 0 Å². The Morgan fingerprint density at radius 2 is 1.67 bits per heavy atom. The fraction of sp³-hybridized carbons (Fsp3) is 0.286. The minimum atomic E-state index is 0.132. The highest BCUT2D eigenvalue weighted by atomic mass is 35.5. The molecule has 0 aliphatic carbocycles. The van der Waals surface area contributed by atoms with Gasteiger partial charge in [0.15, 0.2) is 0 Å². The van der Waals surface area contributed by atoms with E-state index in [-0.39, 0.29) is 5.41 Å². The van der Waals surface area contributed by atoms with Crippen LogP contribution in [0.3, 0.4) is 0 Å². The van der Waals surface area contributed by atoms with Gasteiger partial charge in [0.05, 0.1) is 5.69 Å². The molecule has 0 spiro atoms. The first kappa shape index (κ1) is 12.8. The van der Waals surface area contributed by atoms with Gasteiger partial charge in [0.1, 0.15) is 17.2 Å². The number of nitrogens with zero attached hydrogens (tertiary/aromatic N) is 2. The van der Waals surface area contributed by atoms with Crippen molar-refractivity contribution in [3.8, 4) is 11.3 Å². The molecule has 0 fully saturated rings. The Balaban J connectivity index is 2.44. The summed E-state index contributed by atoms with van der Waals surface area (Å²) in [5.41, 5.74) is 8.69. The number of benzene rings is 1. The zero-order valence-corrected chi connectivity index (χ0v) is 11.5. The molecule has 1 aromatic heterocycles. The van der Waals surface area contributed by atoms with Crippen molar-refractivity contribution in [2.45, 2.75) is 26.2 Å². The van der Waals surface area contributed by atoms with Crippen LogP contribution in [-0.2, 0) is 5.41 Å². The lowest BCUT2D eigenvalue weighted by Crippen LogP contribution is -2.10. The molecule has 94 valence electrons. The molecule has 0 bridgehead atoms. The molecule has 0 atom stereocenters. The minimum absolute atomic E-state index is 0.132. The highest BCUT2D eigenvalue weighted by Gasteiger charge is 2.14. The van der Waals surface area contributed by atoms with E-state index >= 15 is 0 Å². The summed E-state index contributed by atoms with van der Waals surface area (Å²) in [6, 6.07) is 8.19. The van der Waals surface area contributed by atoms with E-state index in [0.29, 0.717) is 16.5 Å². The molecule has 1 aromatic carbocycles. The molecular formula is C14H16ClN3. The zero-order valence-electron chi connectivity index (χ0n) is 10.7. The van der Waals surface area contributed by atoms with Crippen molar-refractivity contribution in [2.75, 3.05) is 5.73 Å². The smallest absolute Gasteiger partial charge is 0.146 e. The predicted octanol–water partition coefficient (Wildman–Crippen LogP) is 3.68. The number of anilines is 1. The number of nitrogens with two attached hydrogens (primary N) is 1. The van der Waals surface area contributed by atoms with Gasteiger partial charge in [0.25, 0.3) is 0 Å². The van der Waals surface area contributed by atoms with Crippen LogP contribution >= 0.6 is 11.6 Å². The molecule has 4 heteroatoms. The van der Waals surface area contributed by atoms with Crippen molar-refractivity contribution < 1.29 is 0 Å². The van der Waals surface area contributed by atoms with Gasteiger partial charge in [-0.1, -0.05) is 56.6 Å². The number of hydrogen-bond donors (Lipinski definition) is 1. The van der Waals surface area contributed by atoms with E-state index in [9.17, 15) is 0 Å². The van der Waals surface area contributed by atoms with Crippen molar-refractivity contribution in [1.29, 1.82) is 0 Å². The molecule has 0 unspecified atom stereocenters. The van der Waals surface area contributed by atoms with E-state index in [1.54, 1.807) is 0 Å². The van der Waals surface area contributed by atoms with Gasteiger partial charge in [0, 0.05) is 5.56 Å². The van der Waals surface area contributed by atoms with Gasteiger partial charge < -0.3 is 5.73 Å². The average molecular weight is 262 g/mol. The van der Waals surface area contributed by atoms with Gasteiger partial charge in [-0.2, -0.15) is 0 Å². The maximum Gasteiger partial charge on any atom is 0.146 e. The van der Waals surface area contributed by atoms with Crippen LogP contribution in [0.5, 0.6) is 0 Å². The first-order valence-electron chi connectivity index (χ1n) is 5.76. The molecule has 2 rings (SSSR count). The highest BCUT2D eigenvalue weighted by molar-refractivity contribution is 6.35. The average Bonchev–Trinajstić information content (AvgIpc) is 2.32. The molecular weight excluding hydrogens is 246 g/mol. The lowest BCUT2D eigenvalue weighted by molar-refractivity contribution is 0.590. The van der Waals surface area contributed by atoms with Crippen LogP contribution in [0, 0.1) is 0 Å². The summed E-state index contributed by atoms with van der Waals surface area (Å²) in [6.07, 6.45) is 1.42. The maximum absolute atomic E-state index is 6.11. The van der Waals surface area contributed by atoms with Crippen molar-refractivity contribution in [1.82, 2.24) is 9.97 Å². The summed E-state index contributed by atoms with van der Waals surface area (Å²) in [5.74, 6) is 0.307. The summed E-state index contributed by atoms with van der Waals surface area (Å²) in [6.45, 7) is 6.53. The van der Waals surface area contributed by atoms with E-state index in [2.05, 4.69) is 42.9 Å². The lowest BCUT2D eigenvalue weighted by atomic mass is 9.86. The maximum atomic E-state index is 6.11. The summed E-state index contributed by atoms with van der Waals surface area (Å²) >= 11 is 6.11. The van der Waals surface area contributed by atoms with Gasteiger partial charge in [-0.05, 0) is 11.0 Å². The van der Waals surface area contributed by atoms with Gasteiger partial charge >= 0.3 is 0 Å². The first-order chi connectivity index (χ1) is 8.39. The third-order valence-corrected chi connectivity index (χ3v) is 3.21. The molecule has 0 aliphatic heterocycles. The van der Waals surface area contributed by atoms with Crippen LogP contribution in [0.15, 0.2) is 30.6 Å². The highest BCUT2D eigenvalue weighted by Crippen LogP contribution is 2.30. The monoisotopic (exact) mass is 261 g/mol. The normalized spacial score (nSPS) is 11.6. The Hall–Kier alpha value is -1.61. The van der Waals surface area contributed by atoms with Crippen molar-refractivity contribution in [3.05, 3.63) is 41.2 Å². The molecule has 2 aromatic rings. The van der Waals surface area contributed by atoms with Crippen molar-refractivity contribution in [2.24, 2.45) is 0 Å². The Morgan fingerprint density at radius 3 is 2.22 bits per heavy atom. The first-order valence-corrected chi connectivity index (χ1v) is 6.14. The second kappa shape index (κ2) is 4.58. The molecule has 0 saturated carbocycles. The fourth-order valence-corrected chi connectivity index (χ4v) is 1.92. The molecule has 1 heterocycles. The van der Waals surface area contributed by atoms with Crippen LogP contribution in [-0.4, -0.2) is 9.97 Å². The van der Waals surface area contributed by atoms with E-state index in [4.69, 9.17) is 17.3 Å². The predicted molar refractivity (Wildman–Crippen MR) is 75.6 cm³/mol. The van der Waals surface area contributed by atoms with E-state index in [0.717, 1.165) is 5.56 Å². The van der Waals surface area contributed by atoms with Gasteiger partial charge in [-0.3, -0.25) is 0 Å². The van der Waals surface area contributed by atoms with Crippen LogP contribution in [0.25, 0.3) is 11.3 Å². The molecule has 0 aliphatic rings. The van der Waals surface area contributed by atoms with Crippen LogP contribution < -0.4 is 5.73 Å². The number of rotatable bonds is 1. The second-order valence-corrected chi connectivity index (χ2v) is 5.63. The quantitative estimate of drug-likeness (QED) is 0.852. The second-order valence-electron chi connectivity index (χ2n) is 5.25. The van der Waals surface area contributed by atoms with Gasteiger partial charge in [-0.25, -0.2) is 9.97 Å². The standard InChI is InChI=1S/C14H16ClN3/c1-14(2,3)10-6-4-9(5-7-10)12-11(15)13(16)18-8-17-12/h4-8H,1-3H3,(H2,16,17,18). The van der Waals surface area contributed by atoms with E-state index < -0.39 is 0 Å². The summed E-state index contributed by atoms with van der Waals surface area (Å²) in [5, 5.41) is 0.404. The Bertz CT molecular complexity index is 556. The summed E-state index contributed by atoms with van der Waals surface area (Å²) in [7, 11) is 0. The number of hydrogen-bond acceptors (Lipinski definition) is 3. The molecule has 0 radical (unpaired) electrons. The molecule has 2 N–H and O–H groups in total. The number of halogens is 1. The molecule has 0 saturated heterocycles. The van der Waals surface area contributed by atoms with Crippen LogP contribution in [0.2, 0.25) is 5.02 Å². The Kier molecular flexibility index (Phi) is 3.26. The molecule has 3 nitrogen and oxygen atoms in total. The topological polar surface area (TPSA) is 51.8 Å². The molecule has 0 amide bonds. The lowest BCUT2D eigenvalue weighted by Gasteiger charge is -2.19. The summed E-state index contributed by atoms with van der Waals surface area (Å²) in [4.78, 5) is 8.03. The Labute approximate surface area is 112 Å². The van der Waals surface area contributed by atoms with E-state index in [1.165, 1.54) is 11.9 Å². The minimum Gasteiger partial charge on any atom is -0.382 e. The SMILES string of the molecule is CC(C)(C)c1ccc(-c2ncnc(N)c2Cl)cc1. The number of aromatic nitrogens is 2. The number of nitrogen functional groups attached to an aromatic ring is 1. The Morgan fingerprint density at radius 1 is 1.06 bits per heavy atom. The largest absolute Gasteiger partial charge is 0.382 e. The third kappa shape index (κ3) is 2.46. The summed E-state index contributed by atoms with van der Waals surface area (Å²) < 4.78 is 0. The van der Waals surface area contributed by atoms with Crippen LogP contribution in [0.1, 0.15) is 26.3 Å². The van der Waals surface area contributed by atoms with Gasteiger partial charge in [0.2, 0.25) is 0 Å². The van der Waals surface area contributed by atoms with Crippen molar-refractivity contribution >= 4 is 17.4 Å². The van der Waals surface area contributed by atoms with E-state index in [1.807, 2.05) is 12.1 Å². The molecule has 18 heavy (non-hydrogen) atoms. The van der Waals surface area contributed by atoms with Crippen molar-refractivity contribution in [3.63, 3.8) is 0 Å². The zero-order chi connectivity index (χ0) is 13.3. The third-order valence-electron chi connectivity index (χ3n) is 2.84.